The Morgan fingerprint density at radius 1 is 0.923 bits per heavy atom. The van der Waals surface area contributed by atoms with Gasteiger partial charge in [0, 0.05) is 22.1 Å². The van der Waals surface area contributed by atoms with Gasteiger partial charge in [-0.3, -0.25) is 13.9 Å². The fraction of sp³-hybridized carbons (Fsp3) is 0.310. The normalized spacial score (nSPS) is 12.2. The smallest absolute Gasteiger partial charge is 0.264 e. The Bertz CT molecular complexity index is 1430. The maximum atomic E-state index is 13.9. The first-order valence-corrected chi connectivity index (χ1v) is 15.1. The van der Waals surface area contributed by atoms with E-state index in [4.69, 9.17) is 11.6 Å². The lowest BCUT2D eigenvalue weighted by molar-refractivity contribution is -0.139. The lowest BCUT2D eigenvalue weighted by Crippen LogP contribution is -2.52. The molecule has 1 unspecified atom stereocenters. The Hall–Kier alpha value is -2.88. The van der Waals surface area contributed by atoms with Crippen LogP contribution in [0, 0.1) is 13.8 Å². The summed E-state index contributed by atoms with van der Waals surface area (Å²) in [6.07, 6.45) is 0. The minimum atomic E-state index is -4.15. The third-order valence-corrected chi connectivity index (χ3v) is 8.89. The fourth-order valence-electron chi connectivity index (χ4n) is 3.92. The summed E-state index contributed by atoms with van der Waals surface area (Å²) in [6, 6.07) is 17.5. The summed E-state index contributed by atoms with van der Waals surface area (Å²) in [7, 11) is -4.15. The fourth-order valence-corrected chi connectivity index (χ4v) is 5.71. The number of amides is 2. The molecule has 0 bridgehead atoms. The number of halogens is 2. The van der Waals surface area contributed by atoms with Crippen LogP contribution in [0.5, 0.6) is 0 Å². The molecule has 0 fully saturated rings. The van der Waals surface area contributed by atoms with E-state index in [1.165, 1.54) is 29.2 Å². The van der Waals surface area contributed by atoms with Gasteiger partial charge in [-0.25, -0.2) is 8.42 Å². The Labute approximate surface area is 244 Å². The number of anilines is 1. The first-order chi connectivity index (χ1) is 18.3. The Morgan fingerprint density at radius 3 is 2.10 bits per heavy atom. The molecule has 0 spiro atoms. The van der Waals surface area contributed by atoms with Gasteiger partial charge >= 0.3 is 0 Å². The predicted octanol–water partition coefficient (Wildman–Crippen LogP) is 5.86. The van der Waals surface area contributed by atoms with E-state index < -0.39 is 28.5 Å². The molecule has 0 aliphatic heterocycles. The van der Waals surface area contributed by atoms with E-state index in [1.807, 2.05) is 58.0 Å². The topological polar surface area (TPSA) is 86.8 Å². The third-order valence-electron chi connectivity index (χ3n) is 6.32. The summed E-state index contributed by atoms with van der Waals surface area (Å²) >= 11 is 9.41. The number of sulfonamides is 1. The number of aryl methyl sites for hydroxylation is 2. The monoisotopic (exact) mass is 633 g/mol. The van der Waals surface area contributed by atoms with E-state index in [0.717, 1.165) is 25.5 Å². The molecule has 208 valence electrons. The van der Waals surface area contributed by atoms with Gasteiger partial charge in [0.1, 0.15) is 12.6 Å². The highest BCUT2D eigenvalue weighted by atomic mass is 79.9. The zero-order valence-electron chi connectivity index (χ0n) is 22.6. The largest absolute Gasteiger partial charge is 0.352 e. The zero-order chi connectivity index (χ0) is 28.9. The molecule has 0 heterocycles. The Balaban J connectivity index is 2.05. The molecule has 10 heteroatoms. The van der Waals surface area contributed by atoms with E-state index in [2.05, 4.69) is 21.2 Å². The summed E-state index contributed by atoms with van der Waals surface area (Å²) in [5.41, 5.74) is 3.02. The molecule has 0 saturated carbocycles. The minimum absolute atomic E-state index is 0.00277. The van der Waals surface area contributed by atoms with Crippen molar-refractivity contribution in [3.63, 3.8) is 0 Å². The molecule has 0 radical (unpaired) electrons. The van der Waals surface area contributed by atoms with Gasteiger partial charge in [-0.15, -0.1) is 0 Å². The van der Waals surface area contributed by atoms with Gasteiger partial charge < -0.3 is 10.2 Å². The van der Waals surface area contributed by atoms with Crippen molar-refractivity contribution in [2.45, 2.75) is 58.1 Å². The van der Waals surface area contributed by atoms with Crippen LogP contribution in [0.2, 0.25) is 5.02 Å². The van der Waals surface area contributed by atoms with E-state index in [-0.39, 0.29) is 23.4 Å². The van der Waals surface area contributed by atoms with E-state index in [9.17, 15) is 18.0 Å². The van der Waals surface area contributed by atoms with E-state index in [0.29, 0.717) is 10.7 Å². The van der Waals surface area contributed by atoms with Crippen molar-refractivity contribution in [1.29, 1.82) is 0 Å². The van der Waals surface area contributed by atoms with Gasteiger partial charge in [0.2, 0.25) is 11.8 Å². The highest BCUT2D eigenvalue weighted by Crippen LogP contribution is 2.27. The number of benzene rings is 3. The second kappa shape index (κ2) is 13.0. The standard InChI is InChI=1S/C29H33BrClN3O4S/c1-19(2)32-29(36)22(5)33(17-23-7-9-24(30)10-8-23)28(35)18-34(26-13-6-20(3)21(4)16-26)39(37,38)27-14-11-25(31)12-15-27/h6-16,19,22H,17-18H2,1-5H3,(H,32,36). The molecule has 0 aliphatic carbocycles. The molecule has 7 nitrogen and oxygen atoms in total. The molecule has 0 saturated heterocycles. The van der Waals surface area contributed by atoms with Crippen molar-refractivity contribution < 1.29 is 18.0 Å². The number of nitrogens with zero attached hydrogens (tertiary/aromatic N) is 2. The van der Waals surface area contributed by atoms with Crippen LogP contribution in [-0.2, 0) is 26.2 Å². The average Bonchev–Trinajstić information content (AvgIpc) is 2.88. The van der Waals surface area contributed by atoms with Gasteiger partial charge in [-0.1, -0.05) is 45.7 Å². The molecule has 3 aromatic rings. The number of hydrogen-bond donors (Lipinski definition) is 1. The van der Waals surface area contributed by atoms with Gasteiger partial charge in [0.15, 0.2) is 0 Å². The first kappa shape index (κ1) is 30.7. The van der Waals surface area contributed by atoms with Crippen LogP contribution in [0.3, 0.4) is 0 Å². The van der Waals surface area contributed by atoms with E-state index >= 15 is 0 Å². The molecule has 2 amide bonds. The Kier molecular flexibility index (Phi) is 10.2. The highest BCUT2D eigenvalue weighted by molar-refractivity contribution is 9.10. The Morgan fingerprint density at radius 2 is 1.54 bits per heavy atom. The van der Waals surface area contributed by atoms with Gasteiger partial charge in [-0.2, -0.15) is 0 Å². The number of nitrogens with one attached hydrogen (secondary N) is 1. The summed E-state index contributed by atoms with van der Waals surface area (Å²) in [6.45, 7) is 8.76. The van der Waals surface area contributed by atoms with Crippen LogP contribution in [0.15, 0.2) is 76.1 Å². The lowest BCUT2D eigenvalue weighted by Gasteiger charge is -2.32. The average molecular weight is 635 g/mol. The second-order valence-corrected chi connectivity index (χ2v) is 12.9. The van der Waals surface area contributed by atoms with Crippen molar-refractivity contribution in [2.24, 2.45) is 0 Å². The first-order valence-electron chi connectivity index (χ1n) is 12.5. The van der Waals surface area contributed by atoms with Crippen LogP contribution in [0.25, 0.3) is 0 Å². The predicted molar refractivity (Wildman–Crippen MR) is 159 cm³/mol. The SMILES string of the molecule is Cc1ccc(N(CC(=O)N(Cc2ccc(Br)cc2)C(C)C(=O)NC(C)C)S(=O)(=O)c2ccc(Cl)cc2)cc1C. The van der Waals surface area contributed by atoms with Gasteiger partial charge in [0.25, 0.3) is 10.0 Å². The second-order valence-electron chi connectivity index (χ2n) is 9.72. The lowest BCUT2D eigenvalue weighted by atomic mass is 10.1. The molecule has 1 N–H and O–H groups in total. The quantitative estimate of drug-likeness (QED) is 0.303. The van der Waals surface area contributed by atoms with Crippen LogP contribution in [-0.4, -0.2) is 43.8 Å². The van der Waals surface area contributed by atoms with E-state index in [1.54, 1.807) is 19.1 Å². The summed E-state index contributed by atoms with van der Waals surface area (Å²) in [5.74, 6) is -0.839. The van der Waals surface area contributed by atoms with Crippen molar-refractivity contribution in [3.05, 3.63) is 92.9 Å². The number of rotatable bonds is 10. The zero-order valence-corrected chi connectivity index (χ0v) is 25.8. The maximum absolute atomic E-state index is 13.9. The van der Waals surface area contributed by atoms with Gasteiger partial charge in [-0.05, 0) is 99.8 Å². The number of carbonyl (C=O) groups excluding carboxylic acids is 2. The molecule has 3 aromatic carbocycles. The van der Waals surface area contributed by atoms with Crippen molar-refractivity contribution in [3.8, 4) is 0 Å². The molecule has 0 aromatic heterocycles. The highest BCUT2D eigenvalue weighted by Gasteiger charge is 2.32. The van der Waals surface area contributed by atoms with Crippen LogP contribution < -0.4 is 9.62 Å². The molecule has 0 aliphatic rings. The molecular weight excluding hydrogens is 602 g/mol. The van der Waals surface area contributed by atoms with Crippen LogP contribution >= 0.6 is 27.5 Å². The van der Waals surface area contributed by atoms with Crippen molar-refractivity contribution in [1.82, 2.24) is 10.2 Å². The molecule has 3 rings (SSSR count). The molecule has 39 heavy (non-hydrogen) atoms. The summed E-state index contributed by atoms with van der Waals surface area (Å²) in [5, 5.41) is 3.24. The molecular formula is C29H33BrClN3O4S. The summed E-state index contributed by atoms with van der Waals surface area (Å²) in [4.78, 5) is 28.3. The third kappa shape index (κ3) is 7.84. The minimum Gasteiger partial charge on any atom is -0.352 e. The van der Waals surface area contributed by atoms with Crippen molar-refractivity contribution >= 4 is 55.1 Å². The van der Waals surface area contributed by atoms with Crippen LogP contribution in [0.4, 0.5) is 5.69 Å². The van der Waals surface area contributed by atoms with Crippen LogP contribution in [0.1, 0.15) is 37.5 Å². The molecule has 1 atom stereocenters. The van der Waals surface area contributed by atoms with Crippen molar-refractivity contribution in [2.75, 3.05) is 10.8 Å². The number of hydrogen-bond acceptors (Lipinski definition) is 4. The summed E-state index contributed by atoms with van der Waals surface area (Å²) < 4.78 is 29.7. The number of carbonyl (C=O) groups is 2. The van der Waals surface area contributed by atoms with Gasteiger partial charge in [0.05, 0.1) is 10.6 Å². The maximum Gasteiger partial charge on any atom is 0.264 e.